The SMILES string of the molecule is CCNC(C(=O)OCC)c1ccc(OCC)cc1.CCNC(Cc1ccc(OCC)c([N+](=O)[O-])c1)C(=O)OCC.CCN[C@@H](Cc1c[nH]c2ccc(OCC)cc12)C(=O)OCC.CCN[C@@H](Cc1ccc(Oc2ccc(OCC)cc2)cc1)C(=O)OCC.CCN[C@@H](Cc1cccc(OCC)c1)C(=O)OCC.CCN[C@@H](Cc1ccccc1OCC)C(=O)OCC.CCNc1cccc(C(=O)OCC)c1OCC. The summed E-state index contributed by atoms with van der Waals surface area (Å²) in [6.45, 7) is 51.3. The fourth-order valence-electron chi connectivity index (χ4n) is 14.2. The number of aromatic nitrogens is 1. The number of aromatic amines is 1. The number of likely N-dealkylation sites (N-methyl/N-ethyl adjacent to an activating group) is 6. The molecule has 8 N–H and O–H groups in total. The molecule has 9 rings (SSSR count). The molecule has 2 unspecified atom stereocenters. The number of carbonyl (C=O) groups is 7. The molecule has 0 saturated carbocycles. The van der Waals surface area contributed by atoms with Gasteiger partial charge in [-0.05, 0) is 299 Å². The van der Waals surface area contributed by atoms with Gasteiger partial charge in [-0.25, -0.2) is 9.59 Å². The number of hydrogen-bond acceptors (Lipinski definition) is 31. The van der Waals surface area contributed by atoms with E-state index in [9.17, 15) is 43.7 Å². The van der Waals surface area contributed by atoms with Gasteiger partial charge < -0.3 is 113 Å². The maximum Gasteiger partial charge on any atom is 0.341 e. The number of nitrogens with one attached hydrogen (secondary N) is 8. The minimum absolute atomic E-state index is 0.0987. The zero-order valence-electron chi connectivity index (χ0n) is 87.9. The molecule has 0 amide bonds. The first-order valence-electron chi connectivity index (χ1n) is 50.1. The Bertz CT molecular complexity index is 5060. The van der Waals surface area contributed by atoms with Gasteiger partial charge in [-0.15, -0.1) is 0 Å². The van der Waals surface area contributed by atoms with Crippen molar-refractivity contribution in [2.45, 2.75) is 214 Å². The summed E-state index contributed by atoms with van der Waals surface area (Å²) in [6.07, 6.45) is 4.61. The Kier molecular flexibility index (Phi) is 65.0. The number of esters is 7. The lowest BCUT2D eigenvalue weighted by Gasteiger charge is -2.18. The van der Waals surface area contributed by atoms with Crippen LogP contribution in [0.5, 0.6) is 51.7 Å². The number of carbonyl (C=O) groups excluding carboxylic acids is 7. The molecule has 0 radical (unpaired) electrons. The average molecular weight is 1990 g/mol. The van der Waals surface area contributed by atoms with Crippen LogP contribution in [0.1, 0.15) is 195 Å². The quantitative estimate of drug-likeness (QED) is 0.00759. The van der Waals surface area contributed by atoms with Crippen LogP contribution in [0.4, 0.5) is 11.4 Å². The summed E-state index contributed by atoms with van der Waals surface area (Å²) in [5.41, 5.74) is 7.99. The largest absolute Gasteiger partial charge is 0.494 e. The minimum atomic E-state index is -0.525. The summed E-state index contributed by atoms with van der Waals surface area (Å²) >= 11 is 0. The molecular weight excluding hydrogens is 1830 g/mol. The van der Waals surface area contributed by atoms with Crippen molar-refractivity contribution < 1.29 is 110 Å². The van der Waals surface area contributed by atoms with Crippen LogP contribution in [0.15, 0.2) is 182 Å². The Morgan fingerprint density at radius 2 is 0.699 bits per heavy atom. The zero-order valence-corrected chi connectivity index (χ0v) is 87.9. The van der Waals surface area contributed by atoms with Gasteiger partial charge in [-0.2, -0.15) is 0 Å². The molecule has 6 atom stereocenters. The van der Waals surface area contributed by atoms with Crippen molar-refractivity contribution in [1.29, 1.82) is 0 Å². The van der Waals surface area contributed by atoms with E-state index in [-0.39, 0.29) is 77.4 Å². The topological polar surface area (TPSA) is 401 Å². The van der Waals surface area contributed by atoms with Gasteiger partial charge in [-0.3, -0.25) is 34.1 Å². The molecule has 9 aromatic rings. The van der Waals surface area contributed by atoms with E-state index in [1.807, 2.05) is 276 Å². The van der Waals surface area contributed by atoms with E-state index >= 15 is 0 Å². The molecule has 0 aliphatic carbocycles. The lowest BCUT2D eigenvalue weighted by atomic mass is 10.0. The number of rotatable bonds is 56. The smallest absolute Gasteiger partial charge is 0.341 e. The number of benzene rings is 8. The Morgan fingerprint density at radius 3 is 1.15 bits per heavy atom. The molecule has 0 saturated heterocycles. The van der Waals surface area contributed by atoms with E-state index in [1.165, 1.54) is 6.07 Å². The first kappa shape index (κ1) is 124. The standard InChI is InChI=1S/C21H27NO4.C17H24N2O3.C15H22N2O5.2C15H23NO3.C14H21NO3.C13H19NO3/c1-4-22-20(21(23)25-6-3)15-16-7-9-18(10-8-16)26-19-13-11-17(12-14-19)24-5-2;1-4-18-16(17(20)22-6-3)9-12-11-19-15-8-7-13(21-5-2)10-14(12)15;1-4-16-12(15(18)22-6-3)9-11-7-8-14(21-5-2)13(10-11)17(19)20;1-4-16-14(15(17)19-6-3)11-12-8-7-9-13(10-12)18-5-2;1-4-16-13(15(17)19-6-3)11-12-9-7-8-10-14(12)18-5-2;1-4-15-13(14(16)18-6-3)11-7-9-12(10-8-11)17-5-2;1-4-14-11-9-7-8-10(12(11)16-5-2)13(15)17-6-3/h7-14,20,22H,4-6,15H2,1-3H3;7-8,10-11,16,18-19H,4-6,9H2,1-3H3;7-8,10,12,16H,4-6,9H2,1-3H3;7-10,14,16H,4-6,11H2,1-3H3;7-10,13,16H,4-6,11H2,1-3H3;7-10,13,15H,4-6H2,1-3H3;7-9,14H,4-6H2,1-3H3/t20-;16-;;14-;13-;;/m00.00../s1. The van der Waals surface area contributed by atoms with E-state index in [2.05, 4.69) is 42.2 Å². The maximum atomic E-state index is 12.0. The van der Waals surface area contributed by atoms with Crippen molar-refractivity contribution in [2.24, 2.45) is 0 Å². The highest BCUT2D eigenvalue weighted by Crippen LogP contribution is 2.33. The van der Waals surface area contributed by atoms with Crippen LogP contribution in [0, 0.1) is 10.1 Å². The second-order valence-electron chi connectivity index (χ2n) is 30.7. The normalized spacial score (nSPS) is 11.7. The van der Waals surface area contributed by atoms with Gasteiger partial charge in [-0.1, -0.05) is 108 Å². The maximum absolute atomic E-state index is 12.0. The van der Waals surface area contributed by atoms with Gasteiger partial charge in [0.25, 0.3) is 0 Å². The summed E-state index contributed by atoms with van der Waals surface area (Å²) in [7, 11) is 0. The molecule has 0 spiro atoms. The predicted molar refractivity (Wildman–Crippen MR) is 560 cm³/mol. The number of H-pyrrole nitrogens is 1. The Morgan fingerprint density at radius 1 is 0.315 bits per heavy atom. The number of ether oxygens (including phenoxy) is 15. The molecule has 0 aliphatic rings. The minimum Gasteiger partial charge on any atom is -0.494 e. The van der Waals surface area contributed by atoms with E-state index in [1.54, 1.807) is 45.9 Å². The second kappa shape index (κ2) is 74.8. The van der Waals surface area contributed by atoms with Crippen LogP contribution in [0.2, 0.25) is 0 Å². The van der Waals surface area contributed by atoms with Crippen LogP contribution < -0.4 is 75.1 Å². The van der Waals surface area contributed by atoms with Crippen LogP contribution in [0.3, 0.4) is 0 Å². The van der Waals surface area contributed by atoms with Crippen LogP contribution in [-0.2, 0) is 94.0 Å². The fourth-order valence-corrected chi connectivity index (χ4v) is 14.2. The first-order valence-corrected chi connectivity index (χ1v) is 50.1. The van der Waals surface area contributed by atoms with Crippen LogP contribution in [0.25, 0.3) is 10.9 Å². The van der Waals surface area contributed by atoms with Gasteiger partial charge in [0.05, 0.1) is 103 Å². The molecule has 143 heavy (non-hydrogen) atoms. The number of nitrogens with zero attached hydrogens (tertiary/aromatic N) is 1. The second-order valence-corrected chi connectivity index (χ2v) is 30.7. The third kappa shape index (κ3) is 47.1. The van der Waals surface area contributed by atoms with E-state index in [0.717, 1.165) is 111 Å². The first-order chi connectivity index (χ1) is 69.3. The monoisotopic (exact) mass is 1990 g/mol. The van der Waals surface area contributed by atoms with Gasteiger partial charge >= 0.3 is 47.5 Å². The van der Waals surface area contributed by atoms with E-state index in [0.29, 0.717) is 161 Å². The van der Waals surface area contributed by atoms with E-state index in [4.69, 9.17) is 71.1 Å². The molecule has 0 bridgehead atoms. The Labute approximate surface area is 846 Å². The highest BCUT2D eigenvalue weighted by molar-refractivity contribution is 5.95. The molecule has 8 aromatic carbocycles. The van der Waals surface area contributed by atoms with Gasteiger partial charge in [0.1, 0.15) is 82.1 Å². The highest BCUT2D eigenvalue weighted by Gasteiger charge is 2.28. The molecule has 0 fully saturated rings. The molecule has 33 heteroatoms. The van der Waals surface area contributed by atoms with Crippen molar-refractivity contribution in [1.82, 2.24) is 36.9 Å². The highest BCUT2D eigenvalue weighted by atomic mass is 16.6. The van der Waals surface area contributed by atoms with Crippen molar-refractivity contribution >= 4 is 64.1 Å². The van der Waals surface area contributed by atoms with Gasteiger partial charge in [0.15, 0.2) is 11.5 Å². The van der Waals surface area contributed by atoms with Gasteiger partial charge in [0, 0.05) is 42.6 Å². The molecule has 1 heterocycles. The summed E-state index contributed by atoms with van der Waals surface area (Å²) < 4.78 is 79.5. The fraction of sp³-hybridized carbons (Fsp3) is 0.482. The third-order valence-corrected chi connectivity index (χ3v) is 20.2. The van der Waals surface area contributed by atoms with Gasteiger partial charge in [0.2, 0.25) is 0 Å². The van der Waals surface area contributed by atoms with Crippen molar-refractivity contribution in [3.05, 3.63) is 231 Å². The molecular formula is C110H159N9O24. The lowest BCUT2D eigenvalue weighted by Crippen LogP contribution is -2.39. The van der Waals surface area contributed by atoms with Crippen LogP contribution >= 0.6 is 0 Å². The summed E-state index contributed by atoms with van der Waals surface area (Å²) in [5.74, 6) is 4.62. The summed E-state index contributed by atoms with van der Waals surface area (Å²) in [6, 6.07) is 52.2. The third-order valence-electron chi connectivity index (χ3n) is 20.2. The van der Waals surface area contributed by atoms with Crippen molar-refractivity contribution in [2.75, 3.05) is 144 Å². The van der Waals surface area contributed by atoms with Crippen molar-refractivity contribution in [3.63, 3.8) is 0 Å². The summed E-state index contributed by atoms with van der Waals surface area (Å²) in [5, 5.41) is 34.2. The van der Waals surface area contributed by atoms with E-state index < -0.39 is 17.0 Å². The lowest BCUT2D eigenvalue weighted by molar-refractivity contribution is -0.385. The molecule has 33 nitrogen and oxygen atoms in total. The number of para-hydroxylation sites is 2. The Balaban J connectivity index is 0.000000431. The number of nitro groups is 1. The zero-order chi connectivity index (χ0) is 105. The molecule has 788 valence electrons. The number of anilines is 1. The Hall–Kier alpha value is -13.1. The van der Waals surface area contributed by atoms with Crippen molar-refractivity contribution in [3.8, 4) is 51.7 Å². The average Bonchev–Trinajstić information content (AvgIpc) is 1.67. The van der Waals surface area contributed by atoms with Crippen LogP contribution in [-0.4, -0.2) is 220 Å². The summed E-state index contributed by atoms with van der Waals surface area (Å²) in [4.78, 5) is 97.1. The number of fused-ring (bicyclic) bond motifs is 1. The molecule has 1 aromatic heterocycles. The number of hydrogen-bond donors (Lipinski definition) is 8. The number of nitro benzene ring substituents is 1. The molecule has 0 aliphatic heterocycles. The predicted octanol–water partition coefficient (Wildman–Crippen LogP) is 18.0.